The summed E-state index contributed by atoms with van der Waals surface area (Å²) in [4.78, 5) is 24.9. The number of rotatable bonds is 9. The molecule has 1 amide bonds. The number of carbonyl (C=O) groups excluding carboxylic acids is 2. The fraction of sp³-hybridized carbons (Fsp3) is 0.423. The van der Waals surface area contributed by atoms with Crippen molar-refractivity contribution >= 4 is 23.6 Å². The van der Waals surface area contributed by atoms with E-state index in [2.05, 4.69) is 26.1 Å². The molecular weight excluding hydrogens is 434 g/mol. The molecule has 8 heteroatoms. The van der Waals surface area contributed by atoms with Crippen molar-refractivity contribution in [3.05, 3.63) is 52.4 Å². The minimum absolute atomic E-state index is 0.121. The number of aryl methyl sites for hydroxylation is 1. The molecule has 0 bridgehead atoms. The van der Waals surface area contributed by atoms with Crippen LogP contribution in [0.4, 0.5) is 5.69 Å². The molecule has 1 aromatic heterocycles. The average molecular weight is 468 g/mol. The van der Waals surface area contributed by atoms with E-state index in [9.17, 15) is 14.9 Å². The van der Waals surface area contributed by atoms with Gasteiger partial charge in [0.25, 0.3) is 5.91 Å². The molecule has 0 atom stereocenters. The fourth-order valence-electron chi connectivity index (χ4n) is 3.46. The number of anilines is 1. The van der Waals surface area contributed by atoms with Crippen LogP contribution in [0.3, 0.4) is 0 Å². The third-order valence-corrected chi connectivity index (χ3v) is 5.45. The first-order valence-electron chi connectivity index (χ1n) is 10.9. The number of amides is 1. The van der Waals surface area contributed by atoms with Crippen molar-refractivity contribution in [3.8, 4) is 11.8 Å². The third-order valence-electron chi connectivity index (χ3n) is 5.45. The molecule has 2 rings (SSSR count). The normalized spacial score (nSPS) is 11.6. The van der Waals surface area contributed by atoms with Crippen molar-refractivity contribution in [1.29, 1.82) is 5.26 Å². The van der Waals surface area contributed by atoms with Crippen molar-refractivity contribution in [2.24, 2.45) is 0 Å². The Bertz CT molecular complexity index is 1120. The van der Waals surface area contributed by atoms with Crippen LogP contribution in [0, 0.1) is 25.2 Å². The van der Waals surface area contributed by atoms with Crippen molar-refractivity contribution in [2.75, 3.05) is 32.8 Å². The van der Waals surface area contributed by atoms with E-state index in [1.54, 1.807) is 13.2 Å². The van der Waals surface area contributed by atoms with Crippen LogP contribution in [0.25, 0.3) is 6.08 Å². The van der Waals surface area contributed by atoms with Crippen LogP contribution >= 0.6 is 0 Å². The standard InChI is InChI=1S/C26H33N3O5/c1-17-12-19(18(2)29(17)10-11-32-6)13-20(15-27)25(31)34-16-24(30)28-22-14-21(26(3,4)5)8-9-23(22)33-7/h8-9,12-14H,10-11,16H2,1-7H3,(H,28,30)/b20-13+. The molecule has 0 saturated heterocycles. The molecule has 182 valence electrons. The highest BCUT2D eigenvalue weighted by atomic mass is 16.5. The first kappa shape index (κ1) is 26.7. The van der Waals surface area contributed by atoms with Crippen molar-refractivity contribution in [1.82, 2.24) is 4.57 Å². The number of hydrogen-bond acceptors (Lipinski definition) is 6. The molecule has 0 unspecified atom stereocenters. The Balaban J connectivity index is 2.10. The molecule has 0 aliphatic rings. The molecule has 0 aliphatic carbocycles. The van der Waals surface area contributed by atoms with E-state index in [4.69, 9.17) is 14.2 Å². The average Bonchev–Trinajstić information content (AvgIpc) is 3.05. The van der Waals surface area contributed by atoms with Gasteiger partial charge in [-0.2, -0.15) is 5.26 Å². The Morgan fingerprint density at radius 1 is 1.18 bits per heavy atom. The number of benzene rings is 1. The number of nitriles is 1. The number of ether oxygens (including phenoxy) is 3. The number of methoxy groups -OCH3 is 2. The first-order chi connectivity index (χ1) is 16.0. The fourth-order valence-corrected chi connectivity index (χ4v) is 3.46. The number of aromatic nitrogens is 1. The van der Waals surface area contributed by atoms with Crippen LogP contribution in [-0.2, 0) is 31.0 Å². The van der Waals surface area contributed by atoms with Crippen molar-refractivity contribution < 1.29 is 23.8 Å². The maximum absolute atomic E-state index is 12.5. The van der Waals surface area contributed by atoms with Gasteiger partial charge in [-0.05, 0) is 54.7 Å². The Hall–Kier alpha value is -3.57. The summed E-state index contributed by atoms with van der Waals surface area (Å²) in [7, 11) is 3.14. The summed E-state index contributed by atoms with van der Waals surface area (Å²) in [6.45, 7) is 10.7. The van der Waals surface area contributed by atoms with Crippen molar-refractivity contribution in [2.45, 2.75) is 46.6 Å². The van der Waals surface area contributed by atoms with Gasteiger partial charge in [0.15, 0.2) is 6.61 Å². The summed E-state index contributed by atoms with van der Waals surface area (Å²) in [6, 6.07) is 9.30. The predicted octanol–water partition coefficient (Wildman–Crippen LogP) is 4.15. The highest BCUT2D eigenvalue weighted by molar-refractivity contribution is 6.00. The van der Waals surface area contributed by atoms with E-state index >= 15 is 0 Å². The Kier molecular flexibility index (Phi) is 9.04. The zero-order valence-corrected chi connectivity index (χ0v) is 20.9. The van der Waals surface area contributed by atoms with E-state index in [0.29, 0.717) is 24.6 Å². The van der Waals surface area contributed by atoms with E-state index in [1.807, 2.05) is 42.7 Å². The summed E-state index contributed by atoms with van der Waals surface area (Å²) in [5.41, 5.74) is 3.80. The minimum atomic E-state index is -0.866. The Morgan fingerprint density at radius 3 is 2.47 bits per heavy atom. The highest BCUT2D eigenvalue weighted by Gasteiger charge is 2.19. The van der Waals surface area contributed by atoms with Crippen LogP contribution in [0.5, 0.6) is 5.75 Å². The van der Waals surface area contributed by atoms with Gasteiger partial charge in [-0.3, -0.25) is 4.79 Å². The summed E-state index contributed by atoms with van der Waals surface area (Å²) in [6.07, 6.45) is 1.47. The zero-order chi connectivity index (χ0) is 25.5. The van der Waals surface area contributed by atoms with Crippen molar-refractivity contribution in [3.63, 3.8) is 0 Å². The predicted molar refractivity (Wildman–Crippen MR) is 131 cm³/mol. The number of nitrogens with one attached hydrogen (secondary N) is 1. The van der Waals surface area contributed by atoms with E-state index in [1.165, 1.54) is 13.2 Å². The smallest absolute Gasteiger partial charge is 0.349 e. The Morgan fingerprint density at radius 2 is 1.88 bits per heavy atom. The maximum Gasteiger partial charge on any atom is 0.349 e. The number of carbonyl (C=O) groups is 2. The van der Waals surface area contributed by atoms with Gasteiger partial charge in [-0.1, -0.05) is 26.8 Å². The molecule has 1 aromatic carbocycles. The summed E-state index contributed by atoms with van der Waals surface area (Å²) in [5.74, 6) is -0.906. The van der Waals surface area contributed by atoms with Gasteiger partial charge < -0.3 is 24.1 Å². The Labute approximate surface area is 201 Å². The lowest BCUT2D eigenvalue weighted by Gasteiger charge is -2.21. The molecule has 0 radical (unpaired) electrons. The molecule has 0 spiro atoms. The van der Waals surface area contributed by atoms with E-state index < -0.39 is 18.5 Å². The third kappa shape index (κ3) is 6.72. The molecule has 0 fully saturated rings. The largest absolute Gasteiger partial charge is 0.495 e. The lowest BCUT2D eigenvalue weighted by atomic mass is 9.87. The SMILES string of the molecule is COCCn1c(C)cc(/C=C(\C#N)C(=O)OCC(=O)Nc2cc(C(C)(C)C)ccc2OC)c1C. The van der Waals surface area contributed by atoms with Gasteiger partial charge in [-0.15, -0.1) is 0 Å². The molecule has 0 saturated carbocycles. The molecule has 1 heterocycles. The van der Waals surface area contributed by atoms with Gasteiger partial charge in [0.05, 0.1) is 19.4 Å². The quantitative estimate of drug-likeness (QED) is 0.338. The molecule has 34 heavy (non-hydrogen) atoms. The topological polar surface area (TPSA) is 103 Å². The van der Waals surface area contributed by atoms with Gasteiger partial charge in [-0.25, -0.2) is 4.79 Å². The molecule has 1 N–H and O–H groups in total. The van der Waals surface area contributed by atoms with Gasteiger partial charge >= 0.3 is 5.97 Å². The second-order valence-electron chi connectivity index (χ2n) is 8.93. The second kappa shape index (κ2) is 11.5. The van der Waals surface area contributed by atoms with Crippen LogP contribution in [-0.4, -0.2) is 43.9 Å². The van der Waals surface area contributed by atoms with Crippen LogP contribution in [0.15, 0.2) is 29.8 Å². The number of esters is 1. The summed E-state index contributed by atoms with van der Waals surface area (Å²) >= 11 is 0. The highest BCUT2D eigenvalue weighted by Crippen LogP contribution is 2.31. The van der Waals surface area contributed by atoms with Gasteiger partial charge in [0.2, 0.25) is 0 Å². The zero-order valence-electron chi connectivity index (χ0n) is 20.9. The number of hydrogen-bond donors (Lipinski definition) is 1. The monoisotopic (exact) mass is 467 g/mol. The minimum Gasteiger partial charge on any atom is -0.495 e. The maximum atomic E-state index is 12.5. The lowest BCUT2D eigenvalue weighted by Crippen LogP contribution is -2.22. The summed E-state index contributed by atoms with van der Waals surface area (Å²) in [5, 5.41) is 12.2. The van der Waals surface area contributed by atoms with Gasteiger partial charge in [0, 0.05) is 25.0 Å². The number of nitrogens with zero attached hydrogens (tertiary/aromatic N) is 2. The molecular formula is C26H33N3O5. The van der Waals surface area contributed by atoms with Crippen LogP contribution in [0.2, 0.25) is 0 Å². The van der Waals surface area contributed by atoms with Gasteiger partial charge in [0.1, 0.15) is 17.4 Å². The van der Waals surface area contributed by atoms with E-state index in [0.717, 1.165) is 22.5 Å². The van der Waals surface area contributed by atoms with Crippen LogP contribution in [0.1, 0.15) is 43.3 Å². The lowest BCUT2D eigenvalue weighted by molar-refractivity contribution is -0.142. The van der Waals surface area contributed by atoms with Crippen LogP contribution < -0.4 is 10.1 Å². The molecule has 2 aromatic rings. The first-order valence-corrected chi connectivity index (χ1v) is 10.9. The van der Waals surface area contributed by atoms with E-state index in [-0.39, 0.29) is 11.0 Å². The molecule has 0 aliphatic heterocycles. The second-order valence-corrected chi connectivity index (χ2v) is 8.93. The summed E-state index contributed by atoms with van der Waals surface area (Å²) < 4.78 is 17.6. The molecule has 8 nitrogen and oxygen atoms in total.